The molecule has 34 heavy (non-hydrogen) atoms. The zero-order chi connectivity index (χ0) is 24.4. The Balaban J connectivity index is 1.59. The van der Waals surface area contributed by atoms with Crippen LogP contribution in [0.3, 0.4) is 0 Å². The van der Waals surface area contributed by atoms with Crippen molar-refractivity contribution in [2.45, 2.75) is 0 Å². The molecule has 0 saturated carbocycles. The van der Waals surface area contributed by atoms with Crippen LogP contribution in [0, 0.1) is 0 Å². The quantitative estimate of drug-likeness (QED) is 0.252. The average Bonchev–Trinajstić information content (AvgIpc) is 3.15. The van der Waals surface area contributed by atoms with E-state index in [9.17, 15) is 19.2 Å². The Morgan fingerprint density at radius 1 is 0.912 bits per heavy atom. The van der Waals surface area contributed by atoms with Gasteiger partial charge >= 0.3 is 11.7 Å². The minimum Gasteiger partial charge on any atom is -0.454 e. The van der Waals surface area contributed by atoms with E-state index >= 15 is 0 Å². The molecule has 172 valence electrons. The standard InChI is InChI=1S/C26H23N3O5/c1-27-15-18(25(32)29(3)26(27)33)13-14-22(31)34-16-21(30)23-19-11-7-8-12-20(19)28(2)24(23)17-9-5-4-6-10-17/h4-15H,16H2,1-3H3/b14-13+. The Hall–Kier alpha value is -4.46. The number of hydrogen-bond donors (Lipinski definition) is 0. The van der Waals surface area contributed by atoms with Crippen LogP contribution in [0.5, 0.6) is 0 Å². The van der Waals surface area contributed by atoms with Gasteiger partial charge < -0.3 is 13.9 Å². The van der Waals surface area contributed by atoms with E-state index in [0.29, 0.717) is 5.56 Å². The molecule has 8 heteroatoms. The van der Waals surface area contributed by atoms with Crippen LogP contribution in [0.1, 0.15) is 15.9 Å². The highest BCUT2D eigenvalue weighted by atomic mass is 16.5. The number of para-hydroxylation sites is 1. The first-order chi connectivity index (χ1) is 16.3. The van der Waals surface area contributed by atoms with Crippen LogP contribution >= 0.6 is 0 Å². The van der Waals surface area contributed by atoms with E-state index in [1.807, 2.05) is 66.2 Å². The lowest BCUT2D eigenvalue weighted by Gasteiger charge is -2.08. The highest BCUT2D eigenvalue weighted by Crippen LogP contribution is 2.33. The van der Waals surface area contributed by atoms with E-state index in [0.717, 1.165) is 32.8 Å². The van der Waals surface area contributed by atoms with E-state index in [-0.39, 0.29) is 11.3 Å². The Morgan fingerprint density at radius 3 is 2.32 bits per heavy atom. The number of carbonyl (C=O) groups is 2. The number of ketones is 1. The fourth-order valence-electron chi connectivity index (χ4n) is 3.97. The van der Waals surface area contributed by atoms with Crippen LogP contribution in [0.15, 0.2) is 76.5 Å². The fraction of sp³-hybridized carbons (Fsp3) is 0.154. The van der Waals surface area contributed by atoms with Gasteiger partial charge in [0, 0.05) is 44.3 Å². The molecule has 0 aliphatic rings. The molecule has 4 aromatic rings. The fourth-order valence-corrected chi connectivity index (χ4v) is 3.97. The molecule has 2 heterocycles. The van der Waals surface area contributed by atoms with Crippen molar-refractivity contribution in [2.24, 2.45) is 21.1 Å². The highest BCUT2D eigenvalue weighted by molar-refractivity contribution is 6.14. The van der Waals surface area contributed by atoms with E-state index in [1.54, 1.807) is 0 Å². The van der Waals surface area contributed by atoms with Crippen molar-refractivity contribution in [3.05, 3.63) is 98.8 Å². The van der Waals surface area contributed by atoms with Gasteiger partial charge in [-0.3, -0.25) is 14.2 Å². The predicted molar refractivity (Wildman–Crippen MR) is 130 cm³/mol. The normalized spacial score (nSPS) is 11.3. The molecule has 2 aromatic carbocycles. The number of nitrogens with zero attached hydrogens (tertiary/aromatic N) is 3. The van der Waals surface area contributed by atoms with Gasteiger partial charge in [0.1, 0.15) is 0 Å². The lowest BCUT2D eigenvalue weighted by atomic mass is 10.0. The summed E-state index contributed by atoms with van der Waals surface area (Å²) in [6, 6.07) is 17.1. The second-order valence-electron chi connectivity index (χ2n) is 7.87. The van der Waals surface area contributed by atoms with Crippen molar-refractivity contribution in [1.29, 1.82) is 0 Å². The zero-order valence-electron chi connectivity index (χ0n) is 19.0. The molecule has 0 atom stereocenters. The number of benzene rings is 2. The van der Waals surface area contributed by atoms with Crippen molar-refractivity contribution < 1.29 is 14.3 Å². The van der Waals surface area contributed by atoms with Gasteiger partial charge in [0.15, 0.2) is 6.61 Å². The van der Waals surface area contributed by atoms with Crippen LogP contribution in [-0.4, -0.2) is 32.1 Å². The summed E-state index contributed by atoms with van der Waals surface area (Å²) in [4.78, 5) is 49.5. The summed E-state index contributed by atoms with van der Waals surface area (Å²) >= 11 is 0. The van der Waals surface area contributed by atoms with E-state index in [2.05, 4.69) is 0 Å². The summed E-state index contributed by atoms with van der Waals surface area (Å²) in [5, 5.41) is 0.772. The van der Waals surface area contributed by atoms with Gasteiger partial charge in [-0.1, -0.05) is 48.5 Å². The zero-order valence-corrected chi connectivity index (χ0v) is 19.0. The Bertz CT molecular complexity index is 1560. The highest BCUT2D eigenvalue weighted by Gasteiger charge is 2.22. The van der Waals surface area contributed by atoms with Gasteiger partial charge in [-0.25, -0.2) is 9.59 Å². The average molecular weight is 457 g/mol. The number of fused-ring (bicyclic) bond motifs is 1. The summed E-state index contributed by atoms with van der Waals surface area (Å²) < 4.78 is 9.33. The molecule has 0 unspecified atom stereocenters. The summed E-state index contributed by atoms with van der Waals surface area (Å²) in [7, 11) is 4.75. The van der Waals surface area contributed by atoms with Crippen molar-refractivity contribution >= 4 is 28.7 Å². The van der Waals surface area contributed by atoms with Crippen LogP contribution in [0.25, 0.3) is 28.2 Å². The minimum absolute atomic E-state index is 0.147. The van der Waals surface area contributed by atoms with Crippen molar-refractivity contribution in [2.75, 3.05) is 6.61 Å². The molecule has 4 rings (SSSR count). The Morgan fingerprint density at radius 2 is 1.59 bits per heavy atom. The van der Waals surface area contributed by atoms with Gasteiger partial charge in [-0.2, -0.15) is 0 Å². The number of aryl methyl sites for hydroxylation is 2. The largest absolute Gasteiger partial charge is 0.454 e. The van der Waals surface area contributed by atoms with Gasteiger partial charge in [0.2, 0.25) is 5.78 Å². The third-order valence-corrected chi connectivity index (χ3v) is 5.65. The molecule has 0 N–H and O–H groups in total. The maximum absolute atomic E-state index is 13.2. The van der Waals surface area contributed by atoms with Crippen molar-refractivity contribution in [3.8, 4) is 11.3 Å². The number of hydrogen-bond acceptors (Lipinski definition) is 5. The van der Waals surface area contributed by atoms with E-state index in [1.165, 1.54) is 30.9 Å². The molecule has 0 aliphatic carbocycles. The third kappa shape index (κ3) is 4.13. The van der Waals surface area contributed by atoms with E-state index in [4.69, 9.17) is 4.74 Å². The molecule has 0 saturated heterocycles. The van der Waals surface area contributed by atoms with E-state index < -0.39 is 23.8 Å². The first-order valence-electron chi connectivity index (χ1n) is 10.6. The number of aromatic nitrogens is 3. The maximum atomic E-state index is 13.2. The second-order valence-corrected chi connectivity index (χ2v) is 7.87. The molecule has 0 radical (unpaired) electrons. The summed E-state index contributed by atoms with van der Waals surface area (Å²) in [5.41, 5.74) is 2.13. The van der Waals surface area contributed by atoms with Gasteiger partial charge in [-0.15, -0.1) is 0 Å². The molecule has 0 amide bonds. The van der Waals surface area contributed by atoms with Crippen molar-refractivity contribution in [1.82, 2.24) is 13.7 Å². The monoisotopic (exact) mass is 457 g/mol. The minimum atomic E-state index is -0.772. The summed E-state index contributed by atoms with van der Waals surface area (Å²) in [6.45, 7) is -0.456. The summed E-state index contributed by atoms with van der Waals surface area (Å²) in [5.74, 6) is -1.11. The van der Waals surface area contributed by atoms with Gasteiger partial charge in [0.05, 0.1) is 16.8 Å². The number of Topliss-reactive ketones (excluding diaryl/α,β-unsaturated/α-hetero) is 1. The third-order valence-electron chi connectivity index (χ3n) is 5.65. The van der Waals surface area contributed by atoms with Crippen LogP contribution in [-0.2, 0) is 30.7 Å². The van der Waals surface area contributed by atoms with Gasteiger partial charge in [0.25, 0.3) is 5.56 Å². The molecule has 0 fully saturated rings. The first kappa shape index (κ1) is 22.7. The lowest BCUT2D eigenvalue weighted by Crippen LogP contribution is -2.37. The number of ether oxygens (including phenoxy) is 1. The SMILES string of the molecule is Cn1cc(/C=C/C(=O)OCC(=O)c2c(-c3ccccc3)n(C)c3ccccc23)c(=O)n(C)c1=O. The van der Waals surface area contributed by atoms with Crippen LogP contribution < -0.4 is 11.2 Å². The van der Waals surface area contributed by atoms with Gasteiger partial charge in [-0.05, 0) is 17.7 Å². The number of rotatable bonds is 6. The molecule has 8 nitrogen and oxygen atoms in total. The smallest absolute Gasteiger partial charge is 0.331 e. The lowest BCUT2D eigenvalue weighted by molar-refractivity contribution is -0.136. The van der Waals surface area contributed by atoms with Crippen LogP contribution in [0.4, 0.5) is 0 Å². The predicted octanol–water partition coefficient (Wildman–Crippen LogP) is 2.68. The maximum Gasteiger partial charge on any atom is 0.331 e. The number of esters is 1. The molecular weight excluding hydrogens is 434 g/mol. The summed E-state index contributed by atoms with van der Waals surface area (Å²) in [6.07, 6.45) is 3.67. The molecule has 2 aromatic heterocycles. The molecule has 0 aliphatic heterocycles. The Kier molecular flexibility index (Phi) is 6.14. The molecule has 0 bridgehead atoms. The second kappa shape index (κ2) is 9.19. The topological polar surface area (TPSA) is 92.3 Å². The van der Waals surface area contributed by atoms with Crippen molar-refractivity contribution in [3.63, 3.8) is 0 Å². The first-order valence-corrected chi connectivity index (χ1v) is 10.6. The van der Waals surface area contributed by atoms with Crippen LogP contribution in [0.2, 0.25) is 0 Å². The number of carbonyl (C=O) groups excluding carboxylic acids is 2. The molecular formula is C26H23N3O5. The molecule has 0 spiro atoms. The Labute approximate surface area is 194 Å².